The molecule has 0 fully saturated rings. The number of carbonyl (C=O) groups excluding carboxylic acids is 1. The summed E-state index contributed by atoms with van der Waals surface area (Å²) in [5.74, 6) is -0.00829. The van der Waals surface area contributed by atoms with E-state index in [4.69, 9.17) is 5.73 Å². The third kappa shape index (κ3) is 2.53. The van der Waals surface area contributed by atoms with E-state index in [1.807, 2.05) is 6.92 Å². The number of nitrogens with two attached hydrogens (primary N) is 1. The van der Waals surface area contributed by atoms with Gasteiger partial charge < -0.3 is 10.6 Å². The van der Waals surface area contributed by atoms with Gasteiger partial charge in [0.1, 0.15) is 0 Å². The Balaban J connectivity index is 2.73. The van der Waals surface area contributed by atoms with Crippen LogP contribution in [0.3, 0.4) is 0 Å². The van der Waals surface area contributed by atoms with E-state index in [1.54, 1.807) is 29.4 Å². The van der Waals surface area contributed by atoms with Gasteiger partial charge in [-0.2, -0.15) is 0 Å². The molecule has 0 aliphatic heterocycles. The Bertz CT molecular complexity index is 287. The van der Waals surface area contributed by atoms with E-state index in [1.165, 1.54) is 0 Å². The lowest BCUT2D eigenvalue weighted by Crippen LogP contribution is -2.35. The average molecular weight is 193 g/mol. The van der Waals surface area contributed by atoms with E-state index in [2.05, 4.69) is 4.98 Å². The minimum atomic E-state index is -0.00829. The van der Waals surface area contributed by atoms with Crippen molar-refractivity contribution in [2.24, 2.45) is 5.73 Å². The standard InChI is InChI=1S/C10H15N3O/c1-2-13(7-5-11)10(14)9-4-3-6-12-8-9/h3-4,6,8H,2,5,7,11H2,1H3. The number of aromatic nitrogens is 1. The molecule has 76 valence electrons. The molecule has 1 rings (SSSR count). The van der Waals surface area contributed by atoms with Gasteiger partial charge in [0.2, 0.25) is 0 Å². The van der Waals surface area contributed by atoms with Gasteiger partial charge >= 0.3 is 0 Å². The lowest BCUT2D eigenvalue weighted by atomic mass is 10.2. The van der Waals surface area contributed by atoms with Crippen LogP contribution in [0.25, 0.3) is 0 Å². The Kier molecular flexibility index (Phi) is 4.07. The first-order chi connectivity index (χ1) is 6.79. The fourth-order valence-corrected chi connectivity index (χ4v) is 1.23. The van der Waals surface area contributed by atoms with Crippen LogP contribution in [0.2, 0.25) is 0 Å². The van der Waals surface area contributed by atoms with Crippen molar-refractivity contribution in [3.8, 4) is 0 Å². The topological polar surface area (TPSA) is 59.2 Å². The fraction of sp³-hybridized carbons (Fsp3) is 0.400. The Hall–Kier alpha value is -1.42. The molecule has 0 aromatic carbocycles. The van der Waals surface area contributed by atoms with Crippen LogP contribution < -0.4 is 5.73 Å². The fourth-order valence-electron chi connectivity index (χ4n) is 1.23. The second-order valence-corrected chi connectivity index (χ2v) is 2.92. The highest BCUT2D eigenvalue weighted by atomic mass is 16.2. The molecule has 1 aromatic heterocycles. The summed E-state index contributed by atoms with van der Waals surface area (Å²) in [7, 11) is 0. The molecule has 1 heterocycles. The molecule has 0 spiro atoms. The number of nitrogens with zero attached hydrogens (tertiary/aromatic N) is 2. The molecule has 14 heavy (non-hydrogen) atoms. The SMILES string of the molecule is CCN(CCN)C(=O)c1cccnc1. The third-order valence-electron chi connectivity index (χ3n) is 1.98. The summed E-state index contributed by atoms with van der Waals surface area (Å²) in [4.78, 5) is 17.4. The molecule has 0 atom stereocenters. The third-order valence-corrected chi connectivity index (χ3v) is 1.98. The maximum absolute atomic E-state index is 11.8. The summed E-state index contributed by atoms with van der Waals surface area (Å²) in [6.07, 6.45) is 3.22. The number of rotatable bonds is 4. The molecule has 4 heteroatoms. The molecule has 2 N–H and O–H groups in total. The summed E-state index contributed by atoms with van der Waals surface area (Å²) in [6.45, 7) is 3.68. The average Bonchev–Trinajstić information content (AvgIpc) is 2.26. The highest BCUT2D eigenvalue weighted by molar-refractivity contribution is 5.93. The van der Waals surface area contributed by atoms with Gasteiger partial charge in [0.15, 0.2) is 0 Å². The van der Waals surface area contributed by atoms with Crippen molar-refractivity contribution >= 4 is 5.91 Å². The lowest BCUT2D eigenvalue weighted by molar-refractivity contribution is 0.0768. The number of hydrogen-bond donors (Lipinski definition) is 1. The van der Waals surface area contributed by atoms with Gasteiger partial charge in [-0.3, -0.25) is 9.78 Å². The van der Waals surface area contributed by atoms with E-state index in [-0.39, 0.29) is 5.91 Å². The molecule has 0 unspecified atom stereocenters. The molecule has 0 aliphatic rings. The molecule has 0 radical (unpaired) electrons. The number of pyridine rings is 1. The Morgan fingerprint density at radius 2 is 2.43 bits per heavy atom. The minimum absolute atomic E-state index is 0.00829. The van der Waals surface area contributed by atoms with E-state index in [0.717, 1.165) is 0 Å². The van der Waals surface area contributed by atoms with Crippen LogP contribution >= 0.6 is 0 Å². The van der Waals surface area contributed by atoms with Crippen molar-refractivity contribution in [1.29, 1.82) is 0 Å². The summed E-state index contributed by atoms with van der Waals surface area (Å²) in [6, 6.07) is 3.51. The molecule has 0 saturated heterocycles. The summed E-state index contributed by atoms with van der Waals surface area (Å²) in [5.41, 5.74) is 6.03. The molecule has 0 bridgehead atoms. The quantitative estimate of drug-likeness (QED) is 0.757. The van der Waals surface area contributed by atoms with Crippen LogP contribution in [0.1, 0.15) is 17.3 Å². The smallest absolute Gasteiger partial charge is 0.255 e. The first-order valence-electron chi connectivity index (χ1n) is 4.69. The largest absolute Gasteiger partial charge is 0.338 e. The van der Waals surface area contributed by atoms with Crippen LogP contribution in [0.5, 0.6) is 0 Å². The van der Waals surface area contributed by atoms with Crippen LogP contribution in [0.4, 0.5) is 0 Å². The van der Waals surface area contributed by atoms with Crippen LogP contribution in [-0.4, -0.2) is 35.4 Å². The Morgan fingerprint density at radius 3 is 2.93 bits per heavy atom. The minimum Gasteiger partial charge on any atom is -0.338 e. The van der Waals surface area contributed by atoms with Crippen LogP contribution in [0.15, 0.2) is 24.5 Å². The van der Waals surface area contributed by atoms with Gasteiger partial charge in [-0.05, 0) is 19.1 Å². The number of hydrogen-bond acceptors (Lipinski definition) is 3. The normalized spacial score (nSPS) is 9.86. The maximum atomic E-state index is 11.8. The van der Waals surface area contributed by atoms with Gasteiger partial charge in [-0.15, -0.1) is 0 Å². The van der Waals surface area contributed by atoms with Crippen molar-refractivity contribution in [2.75, 3.05) is 19.6 Å². The van der Waals surface area contributed by atoms with E-state index in [9.17, 15) is 4.79 Å². The maximum Gasteiger partial charge on any atom is 0.255 e. The van der Waals surface area contributed by atoms with Crippen LogP contribution in [-0.2, 0) is 0 Å². The van der Waals surface area contributed by atoms with Crippen LogP contribution in [0, 0.1) is 0 Å². The second-order valence-electron chi connectivity index (χ2n) is 2.92. The molecule has 1 aromatic rings. The number of likely N-dealkylation sites (N-methyl/N-ethyl adjacent to an activating group) is 1. The van der Waals surface area contributed by atoms with Gasteiger partial charge in [-0.25, -0.2) is 0 Å². The molecule has 0 saturated carbocycles. The Morgan fingerprint density at radius 1 is 1.64 bits per heavy atom. The first kappa shape index (κ1) is 10.7. The molecule has 0 aliphatic carbocycles. The van der Waals surface area contributed by atoms with Crippen molar-refractivity contribution in [1.82, 2.24) is 9.88 Å². The second kappa shape index (κ2) is 5.34. The predicted molar refractivity (Wildman–Crippen MR) is 54.9 cm³/mol. The van der Waals surface area contributed by atoms with Crippen molar-refractivity contribution < 1.29 is 4.79 Å². The van der Waals surface area contributed by atoms with Gasteiger partial charge in [-0.1, -0.05) is 0 Å². The molecule has 1 amide bonds. The van der Waals surface area contributed by atoms with Crippen molar-refractivity contribution in [3.63, 3.8) is 0 Å². The van der Waals surface area contributed by atoms with Crippen molar-refractivity contribution in [2.45, 2.75) is 6.92 Å². The summed E-state index contributed by atoms with van der Waals surface area (Å²) in [5, 5.41) is 0. The first-order valence-corrected chi connectivity index (χ1v) is 4.69. The molecular formula is C10H15N3O. The zero-order valence-corrected chi connectivity index (χ0v) is 8.31. The van der Waals surface area contributed by atoms with Gasteiger partial charge in [0.25, 0.3) is 5.91 Å². The summed E-state index contributed by atoms with van der Waals surface area (Å²) < 4.78 is 0. The lowest BCUT2D eigenvalue weighted by Gasteiger charge is -2.19. The molecule has 4 nitrogen and oxygen atoms in total. The Labute approximate surface area is 83.7 Å². The zero-order chi connectivity index (χ0) is 10.4. The van der Waals surface area contributed by atoms with Gasteiger partial charge in [0, 0.05) is 32.0 Å². The van der Waals surface area contributed by atoms with Crippen molar-refractivity contribution in [3.05, 3.63) is 30.1 Å². The zero-order valence-electron chi connectivity index (χ0n) is 8.31. The number of amides is 1. The highest BCUT2D eigenvalue weighted by Crippen LogP contribution is 2.01. The molecular weight excluding hydrogens is 178 g/mol. The number of carbonyl (C=O) groups is 1. The predicted octanol–water partition coefficient (Wildman–Crippen LogP) is 0.502. The monoisotopic (exact) mass is 193 g/mol. The highest BCUT2D eigenvalue weighted by Gasteiger charge is 2.12. The van der Waals surface area contributed by atoms with E-state index < -0.39 is 0 Å². The summed E-state index contributed by atoms with van der Waals surface area (Å²) >= 11 is 0. The van der Waals surface area contributed by atoms with E-state index >= 15 is 0 Å². The van der Waals surface area contributed by atoms with E-state index in [0.29, 0.717) is 25.2 Å². The van der Waals surface area contributed by atoms with Gasteiger partial charge in [0.05, 0.1) is 5.56 Å².